The molecule has 1 aromatic heterocycles. The molecule has 24 heavy (non-hydrogen) atoms. The van der Waals surface area contributed by atoms with Crippen LogP contribution in [0.2, 0.25) is 0 Å². The summed E-state index contributed by atoms with van der Waals surface area (Å²) in [5, 5.41) is 5.37. The van der Waals surface area contributed by atoms with Gasteiger partial charge in [-0.2, -0.15) is 0 Å². The molecule has 0 saturated carbocycles. The van der Waals surface area contributed by atoms with Crippen LogP contribution in [0.15, 0.2) is 78.9 Å². The molecule has 0 fully saturated rings. The molecule has 5 aromatic rings. The second-order valence-electron chi connectivity index (χ2n) is 6.31. The molecule has 1 heterocycles. The van der Waals surface area contributed by atoms with Crippen LogP contribution in [0.1, 0.15) is 5.56 Å². The zero-order chi connectivity index (χ0) is 16.1. The van der Waals surface area contributed by atoms with Gasteiger partial charge in [0.25, 0.3) is 0 Å². The number of hydrogen-bond acceptors (Lipinski definition) is 1. The maximum atomic E-state index is 2.35. The highest BCUT2D eigenvalue weighted by atomic mass is 32.1. The molecule has 0 nitrogen and oxygen atoms in total. The molecular weight excluding hydrogens is 308 g/mol. The highest BCUT2D eigenvalue weighted by Crippen LogP contribution is 2.43. The third kappa shape index (κ3) is 1.98. The SMILES string of the molecule is Cc1ccc(-c2c3ccccc3cc3c2sc2ccccc23)cc1. The van der Waals surface area contributed by atoms with Crippen LogP contribution >= 0.6 is 11.3 Å². The Morgan fingerprint density at radius 2 is 1.38 bits per heavy atom. The third-order valence-corrected chi connectivity index (χ3v) is 5.94. The normalized spacial score (nSPS) is 11.5. The lowest BCUT2D eigenvalue weighted by Gasteiger charge is -2.10. The van der Waals surface area contributed by atoms with E-state index in [0.29, 0.717) is 0 Å². The Morgan fingerprint density at radius 3 is 2.21 bits per heavy atom. The molecular formula is C23H16S. The summed E-state index contributed by atoms with van der Waals surface area (Å²) >= 11 is 1.90. The van der Waals surface area contributed by atoms with E-state index in [1.165, 1.54) is 47.6 Å². The van der Waals surface area contributed by atoms with Crippen molar-refractivity contribution in [1.29, 1.82) is 0 Å². The lowest BCUT2D eigenvalue weighted by molar-refractivity contribution is 1.48. The van der Waals surface area contributed by atoms with Gasteiger partial charge < -0.3 is 0 Å². The molecule has 0 saturated heterocycles. The molecule has 0 spiro atoms. The average Bonchev–Trinajstić information content (AvgIpc) is 2.99. The highest BCUT2D eigenvalue weighted by Gasteiger charge is 2.14. The Bertz CT molecular complexity index is 1190. The van der Waals surface area contributed by atoms with Gasteiger partial charge in [0.05, 0.1) is 0 Å². The van der Waals surface area contributed by atoms with Crippen molar-refractivity contribution in [2.24, 2.45) is 0 Å². The fraction of sp³-hybridized carbons (Fsp3) is 0.0435. The van der Waals surface area contributed by atoms with Gasteiger partial charge in [-0.1, -0.05) is 72.3 Å². The van der Waals surface area contributed by atoms with E-state index in [-0.39, 0.29) is 0 Å². The predicted molar refractivity (Wildman–Crippen MR) is 107 cm³/mol. The maximum Gasteiger partial charge on any atom is 0.0440 e. The smallest absolute Gasteiger partial charge is 0.0440 e. The molecule has 4 aromatic carbocycles. The average molecular weight is 324 g/mol. The van der Waals surface area contributed by atoms with Gasteiger partial charge in [0, 0.05) is 25.7 Å². The Morgan fingerprint density at radius 1 is 0.667 bits per heavy atom. The van der Waals surface area contributed by atoms with E-state index in [1.807, 2.05) is 11.3 Å². The third-order valence-electron chi connectivity index (χ3n) is 4.73. The largest absolute Gasteiger partial charge is 0.135 e. The predicted octanol–water partition coefficient (Wildman–Crippen LogP) is 7.18. The van der Waals surface area contributed by atoms with Crippen LogP contribution in [0.5, 0.6) is 0 Å². The Balaban J connectivity index is 2.02. The molecule has 0 N–H and O–H groups in total. The van der Waals surface area contributed by atoms with Crippen molar-refractivity contribution >= 4 is 42.3 Å². The lowest BCUT2D eigenvalue weighted by Crippen LogP contribution is -1.83. The highest BCUT2D eigenvalue weighted by molar-refractivity contribution is 7.26. The van der Waals surface area contributed by atoms with E-state index in [9.17, 15) is 0 Å². The fourth-order valence-electron chi connectivity index (χ4n) is 3.53. The van der Waals surface area contributed by atoms with Crippen molar-refractivity contribution < 1.29 is 0 Å². The van der Waals surface area contributed by atoms with E-state index >= 15 is 0 Å². The summed E-state index contributed by atoms with van der Waals surface area (Å²) in [4.78, 5) is 0. The molecule has 1 heteroatoms. The van der Waals surface area contributed by atoms with Gasteiger partial charge in [-0.05, 0) is 35.4 Å². The van der Waals surface area contributed by atoms with Crippen molar-refractivity contribution in [2.45, 2.75) is 6.92 Å². The second kappa shape index (κ2) is 5.19. The minimum Gasteiger partial charge on any atom is -0.135 e. The zero-order valence-corrected chi connectivity index (χ0v) is 14.2. The molecule has 0 aliphatic heterocycles. The quantitative estimate of drug-likeness (QED) is 0.306. The van der Waals surface area contributed by atoms with Crippen molar-refractivity contribution in [2.75, 3.05) is 0 Å². The standard InChI is InChI=1S/C23H16S/c1-15-10-12-16(13-11-15)22-18-7-3-2-6-17(18)14-20-19-8-4-5-9-21(19)24-23(20)22/h2-14H,1H3. The monoisotopic (exact) mass is 324 g/mol. The first kappa shape index (κ1) is 13.8. The Hall–Kier alpha value is -2.64. The van der Waals surface area contributed by atoms with Crippen LogP contribution < -0.4 is 0 Å². The molecule has 0 aliphatic rings. The zero-order valence-electron chi connectivity index (χ0n) is 13.4. The van der Waals surface area contributed by atoms with Crippen LogP contribution in [0.4, 0.5) is 0 Å². The molecule has 0 amide bonds. The van der Waals surface area contributed by atoms with Crippen molar-refractivity contribution in [3.63, 3.8) is 0 Å². The van der Waals surface area contributed by atoms with Crippen molar-refractivity contribution in [3.8, 4) is 11.1 Å². The minimum atomic E-state index is 1.30. The lowest BCUT2D eigenvalue weighted by atomic mass is 9.95. The summed E-state index contributed by atoms with van der Waals surface area (Å²) in [5.74, 6) is 0. The molecule has 114 valence electrons. The first-order valence-electron chi connectivity index (χ1n) is 8.21. The fourth-order valence-corrected chi connectivity index (χ4v) is 4.79. The van der Waals surface area contributed by atoms with E-state index in [1.54, 1.807) is 0 Å². The summed E-state index contributed by atoms with van der Waals surface area (Å²) in [6.07, 6.45) is 0. The van der Waals surface area contributed by atoms with E-state index in [2.05, 4.69) is 85.8 Å². The van der Waals surface area contributed by atoms with Gasteiger partial charge in [0.1, 0.15) is 0 Å². The van der Waals surface area contributed by atoms with Crippen LogP contribution in [-0.4, -0.2) is 0 Å². The van der Waals surface area contributed by atoms with E-state index < -0.39 is 0 Å². The summed E-state index contributed by atoms with van der Waals surface area (Å²) in [5.41, 5.74) is 3.96. The molecule has 0 radical (unpaired) electrons. The van der Waals surface area contributed by atoms with Crippen LogP contribution in [-0.2, 0) is 0 Å². The number of thiophene rings is 1. The van der Waals surface area contributed by atoms with Crippen LogP contribution in [0.25, 0.3) is 42.1 Å². The number of benzene rings is 4. The van der Waals surface area contributed by atoms with Gasteiger partial charge in [0.15, 0.2) is 0 Å². The molecule has 0 aliphatic carbocycles. The van der Waals surface area contributed by atoms with E-state index in [0.717, 1.165) is 0 Å². The number of hydrogen-bond donors (Lipinski definition) is 0. The minimum absolute atomic E-state index is 1.30. The van der Waals surface area contributed by atoms with Gasteiger partial charge in [-0.15, -0.1) is 11.3 Å². The van der Waals surface area contributed by atoms with Crippen LogP contribution in [0, 0.1) is 6.92 Å². The first-order chi connectivity index (χ1) is 11.8. The Kier molecular flexibility index (Phi) is 2.97. The van der Waals surface area contributed by atoms with Gasteiger partial charge in [0.2, 0.25) is 0 Å². The molecule has 0 unspecified atom stereocenters. The topological polar surface area (TPSA) is 0 Å². The van der Waals surface area contributed by atoms with Gasteiger partial charge in [-0.3, -0.25) is 0 Å². The van der Waals surface area contributed by atoms with Gasteiger partial charge >= 0.3 is 0 Å². The summed E-state index contributed by atoms with van der Waals surface area (Å²) < 4.78 is 2.75. The maximum absolute atomic E-state index is 2.35. The van der Waals surface area contributed by atoms with Crippen molar-refractivity contribution in [1.82, 2.24) is 0 Å². The number of fused-ring (bicyclic) bond motifs is 4. The first-order valence-corrected chi connectivity index (χ1v) is 9.03. The number of aryl methyl sites for hydroxylation is 1. The molecule has 0 bridgehead atoms. The van der Waals surface area contributed by atoms with Crippen LogP contribution in [0.3, 0.4) is 0 Å². The second-order valence-corrected chi connectivity index (χ2v) is 7.37. The summed E-state index contributed by atoms with van der Waals surface area (Å²) in [7, 11) is 0. The summed E-state index contributed by atoms with van der Waals surface area (Å²) in [6.45, 7) is 2.14. The van der Waals surface area contributed by atoms with E-state index in [4.69, 9.17) is 0 Å². The Labute approximate surface area is 145 Å². The molecule has 5 rings (SSSR count). The van der Waals surface area contributed by atoms with Gasteiger partial charge in [-0.25, -0.2) is 0 Å². The number of rotatable bonds is 1. The molecule has 0 atom stereocenters. The summed E-state index contributed by atoms with van der Waals surface area (Å²) in [6, 6.07) is 28.7. The van der Waals surface area contributed by atoms with Crippen molar-refractivity contribution in [3.05, 3.63) is 84.4 Å².